The van der Waals surface area contributed by atoms with E-state index in [2.05, 4.69) is 0 Å². The minimum Gasteiger partial charge on any atom is -0.497 e. The van der Waals surface area contributed by atoms with E-state index in [1.807, 2.05) is 57.2 Å². The number of hydrogen-bond acceptors (Lipinski definition) is 4. The summed E-state index contributed by atoms with van der Waals surface area (Å²) < 4.78 is 16.4. The lowest BCUT2D eigenvalue weighted by molar-refractivity contribution is -0.147. The molecule has 24 heavy (non-hydrogen) atoms. The molecule has 1 unspecified atom stereocenters. The molecule has 0 fully saturated rings. The van der Waals surface area contributed by atoms with E-state index in [4.69, 9.17) is 14.2 Å². The molecule has 0 saturated heterocycles. The van der Waals surface area contributed by atoms with E-state index in [0.717, 1.165) is 28.0 Å². The third-order valence-corrected chi connectivity index (χ3v) is 4.04. The van der Waals surface area contributed by atoms with Crippen molar-refractivity contribution in [3.8, 4) is 11.5 Å². The van der Waals surface area contributed by atoms with Crippen molar-refractivity contribution in [2.75, 3.05) is 7.11 Å². The molecular weight excluding hydrogens is 304 g/mol. The first-order valence-corrected chi connectivity index (χ1v) is 7.95. The maximum atomic E-state index is 12.3. The number of esters is 1. The summed E-state index contributed by atoms with van der Waals surface area (Å²) in [6.45, 7) is 7.89. The van der Waals surface area contributed by atoms with Gasteiger partial charge in [-0.1, -0.05) is 24.3 Å². The zero-order valence-electron chi connectivity index (χ0n) is 14.9. The summed E-state index contributed by atoms with van der Waals surface area (Å²) in [6, 6.07) is 11.5. The minimum absolute atomic E-state index is 0.319. The summed E-state index contributed by atoms with van der Waals surface area (Å²) in [5, 5.41) is 0. The number of rotatable bonds is 6. The monoisotopic (exact) mass is 328 g/mol. The largest absolute Gasteiger partial charge is 0.497 e. The van der Waals surface area contributed by atoms with E-state index in [-0.39, 0.29) is 0 Å². The lowest BCUT2D eigenvalue weighted by atomic mass is 10.1. The molecule has 2 aromatic carbocycles. The van der Waals surface area contributed by atoms with Gasteiger partial charge in [-0.25, -0.2) is 4.79 Å². The molecule has 0 aliphatic heterocycles. The fourth-order valence-corrected chi connectivity index (χ4v) is 2.32. The van der Waals surface area contributed by atoms with E-state index in [1.54, 1.807) is 14.0 Å². The van der Waals surface area contributed by atoms with Gasteiger partial charge in [-0.2, -0.15) is 0 Å². The maximum absolute atomic E-state index is 12.3. The fraction of sp³-hybridized carbons (Fsp3) is 0.350. The topological polar surface area (TPSA) is 44.8 Å². The van der Waals surface area contributed by atoms with E-state index >= 15 is 0 Å². The summed E-state index contributed by atoms with van der Waals surface area (Å²) >= 11 is 0. The van der Waals surface area contributed by atoms with Crippen molar-refractivity contribution in [2.24, 2.45) is 0 Å². The van der Waals surface area contributed by atoms with Crippen LogP contribution in [0.2, 0.25) is 0 Å². The number of carbonyl (C=O) groups is 1. The first-order chi connectivity index (χ1) is 11.4. The Kier molecular flexibility index (Phi) is 5.99. The van der Waals surface area contributed by atoms with Crippen LogP contribution in [0.15, 0.2) is 36.4 Å². The third-order valence-electron chi connectivity index (χ3n) is 4.04. The van der Waals surface area contributed by atoms with Crippen LogP contribution in [0.4, 0.5) is 0 Å². The Morgan fingerprint density at radius 2 is 1.79 bits per heavy atom. The highest BCUT2D eigenvalue weighted by Gasteiger charge is 2.19. The molecule has 0 bridgehead atoms. The molecule has 0 aliphatic rings. The molecule has 0 amide bonds. The summed E-state index contributed by atoms with van der Waals surface area (Å²) in [7, 11) is 1.62. The van der Waals surface area contributed by atoms with Crippen molar-refractivity contribution >= 4 is 5.97 Å². The molecule has 0 radical (unpaired) electrons. The second kappa shape index (κ2) is 7.97. The molecule has 0 aliphatic carbocycles. The quantitative estimate of drug-likeness (QED) is 0.591. The normalized spacial score (nSPS) is 11.9. The zero-order chi connectivity index (χ0) is 17.7. The Hall–Kier alpha value is -2.33. The number of carbonyl (C=O) groups excluding carboxylic acids is 1. The maximum Gasteiger partial charge on any atom is 0.340 e. The molecule has 0 saturated carbocycles. The van der Waals surface area contributed by atoms with E-state index in [9.17, 15) is 4.79 Å². The van der Waals surface area contributed by atoms with Gasteiger partial charge in [0, 0.05) is 0 Å². The predicted molar refractivity (Wildman–Crippen MR) is 93.5 cm³/mol. The predicted octanol–water partition coefficient (Wildman–Crippen LogP) is 4.13. The van der Waals surface area contributed by atoms with Crippen LogP contribution in [0.5, 0.6) is 11.5 Å². The standard InChI is InChI=1S/C20H24O4/c1-13-9-10-14(2)19(15(13)3)24-20(21)16(4)23-12-17-7-6-8-18(11-17)22-5/h6-11,16H,12H2,1-5H3. The van der Waals surface area contributed by atoms with Crippen molar-refractivity contribution < 1.29 is 19.0 Å². The van der Waals surface area contributed by atoms with Crippen molar-refractivity contribution in [1.29, 1.82) is 0 Å². The van der Waals surface area contributed by atoms with Gasteiger partial charge in [-0.3, -0.25) is 0 Å². The first kappa shape index (κ1) is 18.0. The van der Waals surface area contributed by atoms with Crippen LogP contribution in [0.25, 0.3) is 0 Å². The summed E-state index contributed by atoms with van der Waals surface area (Å²) in [5.74, 6) is 0.990. The van der Waals surface area contributed by atoms with Crippen LogP contribution in [0.1, 0.15) is 29.2 Å². The third kappa shape index (κ3) is 4.36. The Balaban J connectivity index is 1.99. The molecule has 128 valence electrons. The molecule has 4 heteroatoms. The van der Waals surface area contributed by atoms with Gasteiger partial charge in [-0.05, 0) is 62.1 Å². The number of aryl methyl sites for hydroxylation is 2. The van der Waals surface area contributed by atoms with Gasteiger partial charge in [-0.15, -0.1) is 0 Å². The number of ether oxygens (including phenoxy) is 3. The van der Waals surface area contributed by atoms with Gasteiger partial charge in [0.05, 0.1) is 13.7 Å². The van der Waals surface area contributed by atoms with Crippen LogP contribution < -0.4 is 9.47 Å². The van der Waals surface area contributed by atoms with Crippen molar-refractivity contribution in [3.63, 3.8) is 0 Å². The minimum atomic E-state index is -0.657. The zero-order valence-corrected chi connectivity index (χ0v) is 14.9. The Labute approximate surface area is 143 Å². The van der Waals surface area contributed by atoms with E-state index < -0.39 is 12.1 Å². The van der Waals surface area contributed by atoms with Gasteiger partial charge >= 0.3 is 5.97 Å². The fourth-order valence-electron chi connectivity index (χ4n) is 2.32. The SMILES string of the molecule is COc1cccc(COC(C)C(=O)Oc2c(C)ccc(C)c2C)c1. The highest BCUT2D eigenvalue weighted by molar-refractivity contribution is 5.77. The number of hydrogen-bond donors (Lipinski definition) is 0. The average molecular weight is 328 g/mol. The molecule has 0 N–H and O–H groups in total. The molecule has 2 aromatic rings. The van der Waals surface area contributed by atoms with Crippen LogP contribution >= 0.6 is 0 Å². The van der Waals surface area contributed by atoms with Gasteiger partial charge in [0.25, 0.3) is 0 Å². The van der Waals surface area contributed by atoms with Gasteiger partial charge in [0.15, 0.2) is 6.10 Å². The van der Waals surface area contributed by atoms with Crippen molar-refractivity contribution in [3.05, 3.63) is 58.7 Å². The van der Waals surface area contributed by atoms with Crippen LogP contribution in [0.3, 0.4) is 0 Å². The second-order valence-corrected chi connectivity index (χ2v) is 5.88. The van der Waals surface area contributed by atoms with Crippen molar-refractivity contribution in [1.82, 2.24) is 0 Å². The lowest BCUT2D eigenvalue weighted by Gasteiger charge is -2.16. The molecule has 0 heterocycles. The summed E-state index contributed by atoms with van der Waals surface area (Å²) in [5.41, 5.74) is 3.94. The van der Waals surface area contributed by atoms with E-state index in [1.165, 1.54) is 0 Å². The molecule has 0 aromatic heterocycles. The lowest BCUT2D eigenvalue weighted by Crippen LogP contribution is -2.26. The van der Waals surface area contributed by atoms with Gasteiger partial charge in [0.2, 0.25) is 0 Å². The highest BCUT2D eigenvalue weighted by atomic mass is 16.6. The Morgan fingerprint density at radius 1 is 1.08 bits per heavy atom. The highest BCUT2D eigenvalue weighted by Crippen LogP contribution is 2.26. The molecular formula is C20H24O4. The number of benzene rings is 2. The Morgan fingerprint density at radius 3 is 2.50 bits per heavy atom. The second-order valence-electron chi connectivity index (χ2n) is 5.88. The van der Waals surface area contributed by atoms with Crippen molar-refractivity contribution in [2.45, 2.75) is 40.4 Å². The molecule has 0 spiro atoms. The van der Waals surface area contributed by atoms with Crippen LogP contribution in [-0.4, -0.2) is 19.2 Å². The van der Waals surface area contributed by atoms with Gasteiger partial charge in [0.1, 0.15) is 11.5 Å². The van der Waals surface area contributed by atoms with E-state index in [0.29, 0.717) is 12.4 Å². The first-order valence-electron chi connectivity index (χ1n) is 7.95. The molecule has 1 atom stereocenters. The summed E-state index contributed by atoms with van der Waals surface area (Å²) in [6.07, 6.45) is -0.657. The van der Waals surface area contributed by atoms with Crippen LogP contribution in [-0.2, 0) is 16.1 Å². The molecule has 2 rings (SSSR count). The Bertz CT molecular complexity index is 722. The summed E-state index contributed by atoms with van der Waals surface area (Å²) in [4.78, 5) is 12.3. The van der Waals surface area contributed by atoms with Gasteiger partial charge < -0.3 is 14.2 Å². The average Bonchev–Trinajstić information content (AvgIpc) is 2.59. The van der Waals surface area contributed by atoms with Crippen LogP contribution in [0, 0.1) is 20.8 Å². The smallest absolute Gasteiger partial charge is 0.340 e. The molecule has 4 nitrogen and oxygen atoms in total. The number of methoxy groups -OCH3 is 1.